The number of hydrogen-bond acceptors (Lipinski definition) is 5. The Labute approximate surface area is 220 Å². The molecule has 1 aromatic carbocycles. The molecular formula is C30H41N3O4. The summed E-state index contributed by atoms with van der Waals surface area (Å²) < 4.78 is 5.58. The van der Waals surface area contributed by atoms with Crippen molar-refractivity contribution in [3.05, 3.63) is 46.3 Å². The molecule has 2 aromatic rings. The SMILES string of the molecule is Cc1nc(C)c(-c2ccc3c(c2)CCN(C(=O)OC(C)(C)C)C3)c(N2CCC(C)(C)CC2)c1CC(=O)O. The first-order valence-electron chi connectivity index (χ1n) is 13.3. The number of carboxylic acid groups (broad SMARTS) is 1. The summed E-state index contributed by atoms with van der Waals surface area (Å²) in [7, 11) is 0. The van der Waals surface area contributed by atoms with Crippen molar-refractivity contribution in [2.75, 3.05) is 24.5 Å². The van der Waals surface area contributed by atoms with Gasteiger partial charge in [0.2, 0.25) is 0 Å². The summed E-state index contributed by atoms with van der Waals surface area (Å²) in [6.45, 7) is 17.1. The van der Waals surface area contributed by atoms with E-state index < -0.39 is 11.6 Å². The summed E-state index contributed by atoms with van der Waals surface area (Å²) >= 11 is 0. The number of amides is 1. The molecule has 3 heterocycles. The third kappa shape index (κ3) is 6.08. The van der Waals surface area contributed by atoms with Crippen LogP contribution in [0.1, 0.15) is 75.5 Å². The number of hydrogen-bond donors (Lipinski definition) is 1. The van der Waals surface area contributed by atoms with E-state index in [4.69, 9.17) is 9.72 Å². The van der Waals surface area contributed by atoms with Crippen molar-refractivity contribution in [2.45, 2.75) is 86.3 Å². The van der Waals surface area contributed by atoms with Gasteiger partial charge in [0, 0.05) is 48.7 Å². The Kier molecular flexibility index (Phi) is 7.28. The number of piperidine rings is 1. The van der Waals surface area contributed by atoms with Crippen LogP contribution in [0.25, 0.3) is 11.1 Å². The van der Waals surface area contributed by atoms with Crippen LogP contribution in [0.4, 0.5) is 10.5 Å². The van der Waals surface area contributed by atoms with Gasteiger partial charge in [-0.3, -0.25) is 9.78 Å². The van der Waals surface area contributed by atoms with E-state index in [1.807, 2.05) is 34.6 Å². The highest BCUT2D eigenvalue weighted by Crippen LogP contribution is 2.42. The molecule has 0 atom stereocenters. The van der Waals surface area contributed by atoms with Crippen LogP contribution in [-0.4, -0.2) is 52.3 Å². The van der Waals surface area contributed by atoms with E-state index in [-0.39, 0.29) is 17.9 Å². The van der Waals surface area contributed by atoms with Crippen LogP contribution in [-0.2, 0) is 28.9 Å². The number of aromatic nitrogens is 1. The van der Waals surface area contributed by atoms with Crippen LogP contribution in [0.2, 0.25) is 0 Å². The van der Waals surface area contributed by atoms with Gasteiger partial charge < -0.3 is 19.6 Å². The van der Waals surface area contributed by atoms with E-state index in [0.717, 1.165) is 71.7 Å². The fourth-order valence-corrected chi connectivity index (χ4v) is 5.45. The van der Waals surface area contributed by atoms with E-state index in [0.29, 0.717) is 13.1 Å². The summed E-state index contributed by atoms with van der Waals surface area (Å²) in [5.41, 5.74) is 7.70. The van der Waals surface area contributed by atoms with E-state index in [1.54, 1.807) is 4.90 Å². The highest BCUT2D eigenvalue weighted by atomic mass is 16.6. The molecule has 2 aliphatic rings. The Bertz CT molecular complexity index is 1200. The summed E-state index contributed by atoms with van der Waals surface area (Å²) in [4.78, 5) is 33.4. The molecule has 0 radical (unpaired) electrons. The third-order valence-corrected chi connectivity index (χ3v) is 7.58. The van der Waals surface area contributed by atoms with Gasteiger partial charge >= 0.3 is 12.1 Å². The molecule has 7 heteroatoms. The highest BCUT2D eigenvalue weighted by molar-refractivity contribution is 5.86. The lowest BCUT2D eigenvalue weighted by atomic mass is 9.82. The Morgan fingerprint density at radius 2 is 1.73 bits per heavy atom. The maximum Gasteiger partial charge on any atom is 0.410 e. The molecule has 0 unspecified atom stereocenters. The molecule has 37 heavy (non-hydrogen) atoms. The first-order valence-corrected chi connectivity index (χ1v) is 13.3. The molecule has 200 valence electrons. The second-order valence-electron chi connectivity index (χ2n) is 12.3. The Morgan fingerprint density at radius 3 is 2.35 bits per heavy atom. The number of rotatable bonds is 4. The van der Waals surface area contributed by atoms with Crippen molar-refractivity contribution < 1.29 is 19.4 Å². The zero-order valence-corrected chi connectivity index (χ0v) is 23.4. The number of benzene rings is 1. The number of aliphatic carboxylic acids is 1. The van der Waals surface area contributed by atoms with Crippen LogP contribution in [0.15, 0.2) is 18.2 Å². The maximum absolute atomic E-state index is 12.6. The van der Waals surface area contributed by atoms with E-state index >= 15 is 0 Å². The molecule has 1 saturated heterocycles. The van der Waals surface area contributed by atoms with Gasteiger partial charge in [-0.1, -0.05) is 32.0 Å². The molecule has 0 saturated carbocycles. The lowest BCUT2D eigenvalue weighted by Crippen LogP contribution is -2.39. The van der Waals surface area contributed by atoms with E-state index in [9.17, 15) is 14.7 Å². The number of carbonyl (C=O) groups is 2. The smallest absolute Gasteiger partial charge is 0.410 e. The van der Waals surface area contributed by atoms with Crippen molar-refractivity contribution >= 4 is 17.7 Å². The van der Waals surface area contributed by atoms with Crippen LogP contribution in [0.3, 0.4) is 0 Å². The predicted octanol–water partition coefficient (Wildman–Crippen LogP) is 5.91. The number of carbonyl (C=O) groups excluding carboxylic acids is 1. The molecule has 2 aliphatic heterocycles. The van der Waals surface area contributed by atoms with Gasteiger partial charge in [-0.2, -0.15) is 0 Å². The van der Waals surface area contributed by atoms with Gasteiger partial charge in [0.1, 0.15) is 5.60 Å². The lowest BCUT2D eigenvalue weighted by Gasteiger charge is -2.40. The zero-order valence-electron chi connectivity index (χ0n) is 23.4. The quantitative estimate of drug-likeness (QED) is 0.554. The van der Waals surface area contributed by atoms with E-state index in [2.05, 4.69) is 36.9 Å². The number of carboxylic acids is 1. The highest BCUT2D eigenvalue weighted by Gasteiger charge is 2.31. The fourth-order valence-electron chi connectivity index (χ4n) is 5.45. The summed E-state index contributed by atoms with van der Waals surface area (Å²) in [6.07, 6.45) is 2.54. The fraction of sp³-hybridized carbons (Fsp3) is 0.567. The Hall–Kier alpha value is -3.09. The molecule has 1 fully saturated rings. The first kappa shape index (κ1) is 27.0. The minimum Gasteiger partial charge on any atom is -0.481 e. The lowest BCUT2D eigenvalue weighted by molar-refractivity contribution is -0.136. The minimum atomic E-state index is -0.842. The molecule has 1 N–H and O–H groups in total. The van der Waals surface area contributed by atoms with E-state index in [1.165, 1.54) is 5.56 Å². The van der Waals surface area contributed by atoms with Gasteiger partial charge in [0.15, 0.2) is 0 Å². The van der Waals surface area contributed by atoms with Gasteiger partial charge in [-0.15, -0.1) is 0 Å². The molecule has 1 amide bonds. The molecule has 0 bridgehead atoms. The van der Waals surface area contributed by atoms with Crippen LogP contribution in [0.5, 0.6) is 0 Å². The zero-order chi connectivity index (χ0) is 27.1. The normalized spacial score (nSPS) is 17.4. The van der Waals surface area contributed by atoms with Crippen LogP contribution < -0.4 is 4.90 Å². The number of aryl methyl sites for hydroxylation is 2. The summed E-state index contributed by atoms with van der Waals surface area (Å²) in [6, 6.07) is 6.40. The van der Waals surface area contributed by atoms with Crippen molar-refractivity contribution in [1.29, 1.82) is 0 Å². The molecule has 1 aromatic heterocycles. The Balaban J connectivity index is 1.73. The third-order valence-electron chi connectivity index (χ3n) is 7.58. The van der Waals surface area contributed by atoms with Crippen LogP contribution >= 0.6 is 0 Å². The number of fused-ring (bicyclic) bond motifs is 1. The topological polar surface area (TPSA) is 83.0 Å². The number of anilines is 1. The van der Waals surface area contributed by atoms with Gasteiger partial charge in [-0.05, 0) is 76.0 Å². The van der Waals surface area contributed by atoms with Crippen LogP contribution in [0, 0.1) is 19.3 Å². The average molecular weight is 508 g/mol. The predicted molar refractivity (Wildman–Crippen MR) is 146 cm³/mol. The minimum absolute atomic E-state index is 0.0445. The molecule has 0 aliphatic carbocycles. The molecule has 7 nitrogen and oxygen atoms in total. The summed E-state index contributed by atoms with van der Waals surface area (Å²) in [5, 5.41) is 9.74. The molecular weight excluding hydrogens is 466 g/mol. The van der Waals surface area contributed by atoms with Gasteiger partial charge in [-0.25, -0.2) is 4.79 Å². The number of ether oxygens (including phenoxy) is 1. The second-order valence-corrected chi connectivity index (χ2v) is 12.3. The van der Waals surface area contributed by atoms with Crippen molar-refractivity contribution in [2.24, 2.45) is 5.41 Å². The van der Waals surface area contributed by atoms with Gasteiger partial charge in [0.25, 0.3) is 0 Å². The standard InChI is InChI=1S/C30H41N3O4/c1-19-24(17-25(34)35)27(32-14-11-30(6,7)12-15-32)26(20(2)31-19)22-8-9-23-18-33(13-10-21(23)16-22)28(36)37-29(3,4)5/h8-9,16H,10-15,17-18H2,1-7H3,(H,34,35). The average Bonchev–Trinajstić information content (AvgIpc) is 2.79. The summed E-state index contributed by atoms with van der Waals surface area (Å²) in [5.74, 6) is -0.842. The van der Waals surface area contributed by atoms with Crippen molar-refractivity contribution in [1.82, 2.24) is 9.88 Å². The molecule has 0 spiro atoms. The number of pyridine rings is 1. The van der Waals surface area contributed by atoms with Gasteiger partial charge in [0.05, 0.1) is 12.1 Å². The monoisotopic (exact) mass is 507 g/mol. The second kappa shape index (κ2) is 9.99. The molecule has 4 rings (SSSR count). The van der Waals surface area contributed by atoms with Crippen molar-refractivity contribution in [3.8, 4) is 11.1 Å². The first-order chi connectivity index (χ1) is 17.2. The van der Waals surface area contributed by atoms with Crippen molar-refractivity contribution in [3.63, 3.8) is 0 Å². The number of nitrogens with zero attached hydrogens (tertiary/aromatic N) is 3. The largest absolute Gasteiger partial charge is 0.481 e. The maximum atomic E-state index is 12.6. The Morgan fingerprint density at radius 1 is 1.05 bits per heavy atom.